The monoisotopic (exact) mass is 221 g/mol. The lowest BCUT2D eigenvalue weighted by Gasteiger charge is -2.31. The van der Waals surface area contributed by atoms with Crippen molar-refractivity contribution in [2.24, 2.45) is 0 Å². The van der Waals surface area contributed by atoms with Crippen LogP contribution >= 0.6 is 0 Å². The fourth-order valence-electron chi connectivity index (χ4n) is 1.89. The van der Waals surface area contributed by atoms with E-state index >= 15 is 0 Å². The standard InChI is InChI=1S/C12H12FNO2/c1-7(2)14-11(15)9-6-4-3-5-8(9)10(13)12(14)16/h3-7,10H,1-2H3. The van der Waals surface area contributed by atoms with Crippen LogP contribution in [0.4, 0.5) is 4.39 Å². The molecule has 2 amide bonds. The van der Waals surface area contributed by atoms with Gasteiger partial charge in [0.05, 0.1) is 0 Å². The summed E-state index contributed by atoms with van der Waals surface area (Å²) in [4.78, 5) is 24.6. The number of benzene rings is 1. The topological polar surface area (TPSA) is 37.4 Å². The fraction of sp³-hybridized carbons (Fsp3) is 0.333. The summed E-state index contributed by atoms with van der Waals surface area (Å²) >= 11 is 0. The van der Waals surface area contributed by atoms with Gasteiger partial charge in [0, 0.05) is 17.2 Å². The van der Waals surface area contributed by atoms with Gasteiger partial charge in [0.25, 0.3) is 11.8 Å². The zero-order valence-corrected chi connectivity index (χ0v) is 9.11. The maximum Gasteiger partial charge on any atom is 0.268 e. The quantitative estimate of drug-likeness (QED) is 0.681. The van der Waals surface area contributed by atoms with E-state index in [1.165, 1.54) is 6.07 Å². The number of fused-ring (bicyclic) bond motifs is 1. The molecule has 1 atom stereocenters. The Morgan fingerprint density at radius 1 is 1.25 bits per heavy atom. The average molecular weight is 221 g/mol. The van der Waals surface area contributed by atoms with Crippen LogP contribution in [0.3, 0.4) is 0 Å². The molecule has 0 saturated heterocycles. The molecule has 0 saturated carbocycles. The highest BCUT2D eigenvalue weighted by molar-refractivity contribution is 6.11. The molecule has 0 spiro atoms. The average Bonchev–Trinajstić information content (AvgIpc) is 2.26. The summed E-state index contributed by atoms with van der Waals surface area (Å²) < 4.78 is 13.8. The summed E-state index contributed by atoms with van der Waals surface area (Å²) in [7, 11) is 0. The first-order chi connectivity index (χ1) is 7.54. The fourth-order valence-corrected chi connectivity index (χ4v) is 1.89. The number of rotatable bonds is 1. The van der Waals surface area contributed by atoms with Gasteiger partial charge in [0.1, 0.15) is 0 Å². The van der Waals surface area contributed by atoms with Crippen LogP contribution in [0.2, 0.25) is 0 Å². The van der Waals surface area contributed by atoms with Crippen molar-refractivity contribution >= 4 is 11.8 Å². The molecule has 3 nitrogen and oxygen atoms in total. The van der Waals surface area contributed by atoms with Crippen LogP contribution in [-0.2, 0) is 4.79 Å². The van der Waals surface area contributed by atoms with E-state index in [1.807, 2.05) is 0 Å². The van der Waals surface area contributed by atoms with Gasteiger partial charge >= 0.3 is 0 Å². The van der Waals surface area contributed by atoms with Gasteiger partial charge in [-0.3, -0.25) is 14.5 Å². The van der Waals surface area contributed by atoms with Crippen molar-refractivity contribution < 1.29 is 14.0 Å². The zero-order valence-electron chi connectivity index (χ0n) is 9.11. The Kier molecular flexibility index (Phi) is 2.50. The van der Waals surface area contributed by atoms with Crippen molar-refractivity contribution in [3.8, 4) is 0 Å². The van der Waals surface area contributed by atoms with Gasteiger partial charge in [-0.15, -0.1) is 0 Å². The van der Waals surface area contributed by atoms with E-state index in [-0.39, 0.29) is 17.2 Å². The molecule has 0 fully saturated rings. The molecule has 0 aromatic heterocycles. The summed E-state index contributed by atoms with van der Waals surface area (Å²) in [6, 6.07) is 5.99. The molecule has 1 aromatic rings. The summed E-state index contributed by atoms with van der Waals surface area (Å²) in [6.45, 7) is 3.38. The van der Waals surface area contributed by atoms with Crippen molar-refractivity contribution in [2.75, 3.05) is 0 Å². The first kappa shape index (κ1) is 10.8. The molecule has 1 aliphatic heterocycles. The van der Waals surface area contributed by atoms with Gasteiger partial charge in [-0.1, -0.05) is 18.2 Å². The first-order valence-electron chi connectivity index (χ1n) is 5.14. The van der Waals surface area contributed by atoms with Gasteiger partial charge in [0.15, 0.2) is 0 Å². The number of amides is 2. The molecule has 4 heteroatoms. The second kappa shape index (κ2) is 3.70. The van der Waals surface area contributed by atoms with Crippen LogP contribution in [0.15, 0.2) is 24.3 Å². The highest BCUT2D eigenvalue weighted by Crippen LogP contribution is 2.31. The van der Waals surface area contributed by atoms with Gasteiger partial charge in [0.2, 0.25) is 6.17 Å². The Hall–Kier alpha value is -1.71. The van der Waals surface area contributed by atoms with Crippen LogP contribution in [0.1, 0.15) is 35.9 Å². The van der Waals surface area contributed by atoms with Crippen LogP contribution in [0.25, 0.3) is 0 Å². The minimum Gasteiger partial charge on any atom is -0.273 e. The van der Waals surface area contributed by atoms with Crippen molar-refractivity contribution in [2.45, 2.75) is 26.1 Å². The second-order valence-corrected chi connectivity index (χ2v) is 4.06. The molecule has 1 heterocycles. The number of carbonyl (C=O) groups is 2. The van der Waals surface area contributed by atoms with Gasteiger partial charge < -0.3 is 0 Å². The minimum absolute atomic E-state index is 0.175. The largest absolute Gasteiger partial charge is 0.273 e. The molecule has 2 rings (SSSR count). The van der Waals surface area contributed by atoms with Crippen LogP contribution in [0.5, 0.6) is 0 Å². The maximum absolute atomic E-state index is 13.8. The Morgan fingerprint density at radius 3 is 2.50 bits per heavy atom. The summed E-state index contributed by atoms with van der Waals surface area (Å²) in [5.74, 6) is -1.18. The molecule has 1 aromatic carbocycles. The summed E-state index contributed by atoms with van der Waals surface area (Å²) in [5, 5.41) is 0. The maximum atomic E-state index is 13.8. The zero-order chi connectivity index (χ0) is 11.9. The summed E-state index contributed by atoms with van der Waals surface area (Å²) in [5.41, 5.74) is 0.456. The number of carbonyl (C=O) groups excluding carboxylic acids is 2. The molecule has 84 valence electrons. The van der Waals surface area contributed by atoms with Crippen LogP contribution < -0.4 is 0 Å². The molecule has 0 radical (unpaired) electrons. The number of hydrogen-bond acceptors (Lipinski definition) is 2. The lowest BCUT2D eigenvalue weighted by atomic mass is 9.96. The Bertz CT molecular complexity index is 456. The first-order valence-corrected chi connectivity index (χ1v) is 5.14. The lowest BCUT2D eigenvalue weighted by Crippen LogP contribution is -2.47. The normalized spacial score (nSPS) is 20.2. The third kappa shape index (κ3) is 1.41. The number of halogens is 1. The molecule has 1 unspecified atom stereocenters. The highest BCUT2D eigenvalue weighted by atomic mass is 19.1. The van der Waals surface area contributed by atoms with E-state index in [0.29, 0.717) is 0 Å². The van der Waals surface area contributed by atoms with E-state index in [0.717, 1.165) is 4.90 Å². The number of imide groups is 1. The molecule has 16 heavy (non-hydrogen) atoms. The predicted molar refractivity (Wildman–Crippen MR) is 56.6 cm³/mol. The van der Waals surface area contributed by atoms with E-state index in [9.17, 15) is 14.0 Å². The van der Waals surface area contributed by atoms with E-state index in [2.05, 4.69) is 0 Å². The van der Waals surface area contributed by atoms with E-state index in [1.54, 1.807) is 32.0 Å². The van der Waals surface area contributed by atoms with Crippen molar-refractivity contribution in [3.63, 3.8) is 0 Å². The van der Waals surface area contributed by atoms with Crippen LogP contribution in [-0.4, -0.2) is 22.8 Å². The Balaban J connectivity index is 2.56. The Labute approximate surface area is 92.9 Å². The smallest absolute Gasteiger partial charge is 0.268 e. The van der Waals surface area contributed by atoms with Gasteiger partial charge in [-0.05, 0) is 19.9 Å². The van der Waals surface area contributed by atoms with Gasteiger partial charge in [-0.25, -0.2) is 4.39 Å². The SMILES string of the molecule is CC(C)N1C(=O)c2ccccc2C(F)C1=O. The van der Waals surface area contributed by atoms with E-state index in [4.69, 9.17) is 0 Å². The number of alkyl halides is 1. The summed E-state index contributed by atoms with van der Waals surface area (Å²) in [6.07, 6.45) is -1.73. The lowest BCUT2D eigenvalue weighted by molar-refractivity contribution is -0.136. The highest BCUT2D eigenvalue weighted by Gasteiger charge is 2.39. The van der Waals surface area contributed by atoms with Crippen molar-refractivity contribution in [3.05, 3.63) is 35.4 Å². The second-order valence-electron chi connectivity index (χ2n) is 4.06. The van der Waals surface area contributed by atoms with Crippen LogP contribution in [0, 0.1) is 0 Å². The van der Waals surface area contributed by atoms with Gasteiger partial charge in [-0.2, -0.15) is 0 Å². The van der Waals surface area contributed by atoms with Crippen molar-refractivity contribution in [1.82, 2.24) is 4.90 Å². The number of hydrogen-bond donors (Lipinski definition) is 0. The third-order valence-corrected chi connectivity index (χ3v) is 2.65. The third-order valence-electron chi connectivity index (χ3n) is 2.65. The molecular weight excluding hydrogens is 209 g/mol. The predicted octanol–water partition coefficient (Wildman–Crippen LogP) is 2.09. The Morgan fingerprint density at radius 2 is 1.88 bits per heavy atom. The number of nitrogens with zero attached hydrogens (tertiary/aromatic N) is 1. The molecule has 0 bridgehead atoms. The molecule has 0 N–H and O–H groups in total. The molecular formula is C12H12FNO2. The minimum atomic E-state index is -1.73. The van der Waals surface area contributed by atoms with Crippen molar-refractivity contribution in [1.29, 1.82) is 0 Å². The molecule has 0 aliphatic carbocycles. The van der Waals surface area contributed by atoms with E-state index < -0.39 is 18.0 Å². The molecule has 1 aliphatic rings.